The lowest BCUT2D eigenvalue weighted by molar-refractivity contribution is -0.124. The smallest absolute Gasteiger partial charge is 0.230 e. The first kappa shape index (κ1) is 17.8. The van der Waals surface area contributed by atoms with Gasteiger partial charge in [-0.2, -0.15) is 0 Å². The van der Waals surface area contributed by atoms with E-state index in [-0.39, 0.29) is 12.5 Å². The topological polar surface area (TPSA) is 71.7 Å². The van der Waals surface area contributed by atoms with E-state index in [1.807, 2.05) is 41.8 Å². The first-order chi connectivity index (χ1) is 13.1. The first-order valence-electron chi connectivity index (χ1n) is 8.82. The maximum atomic E-state index is 13.1. The zero-order valence-corrected chi connectivity index (χ0v) is 15.8. The molecule has 5 nitrogen and oxygen atoms in total. The van der Waals surface area contributed by atoms with Gasteiger partial charge in [0.25, 0.3) is 0 Å². The van der Waals surface area contributed by atoms with Gasteiger partial charge in [-0.1, -0.05) is 24.3 Å². The summed E-state index contributed by atoms with van der Waals surface area (Å²) >= 11 is 1.42. The van der Waals surface area contributed by atoms with Crippen molar-refractivity contribution >= 4 is 17.2 Å². The summed E-state index contributed by atoms with van der Waals surface area (Å²) in [5.74, 6) is 1.02. The van der Waals surface area contributed by atoms with Gasteiger partial charge in [0.1, 0.15) is 11.5 Å². The van der Waals surface area contributed by atoms with Crippen LogP contribution in [0, 0.1) is 0 Å². The van der Waals surface area contributed by atoms with Crippen LogP contribution in [-0.4, -0.2) is 24.7 Å². The van der Waals surface area contributed by atoms with Gasteiger partial charge >= 0.3 is 0 Å². The summed E-state index contributed by atoms with van der Waals surface area (Å²) in [6.45, 7) is 0.0385. The molecule has 140 valence electrons. The number of para-hydroxylation sites is 1. The third-order valence-corrected chi connectivity index (χ3v) is 6.19. The van der Waals surface area contributed by atoms with Gasteiger partial charge in [-0.3, -0.25) is 4.79 Å². The third-order valence-electron chi connectivity index (χ3n) is 5.17. The fraction of sp³-hybridized carbons (Fsp3) is 0.286. The Kier molecular flexibility index (Phi) is 4.53. The summed E-state index contributed by atoms with van der Waals surface area (Å²) in [6.07, 6.45) is 3.04. The van der Waals surface area contributed by atoms with Crippen LogP contribution in [0.15, 0.2) is 64.6 Å². The summed E-state index contributed by atoms with van der Waals surface area (Å²) in [6, 6.07) is 14.8. The molecule has 2 heterocycles. The average molecular weight is 383 g/mol. The Morgan fingerprint density at radius 2 is 2.07 bits per heavy atom. The van der Waals surface area contributed by atoms with Crippen LogP contribution in [0.3, 0.4) is 0 Å². The van der Waals surface area contributed by atoms with E-state index in [0.29, 0.717) is 11.5 Å². The highest BCUT2D eigenvalue weighted by atomic mass is 32.1. The minimum Gasteiger partial charge on any atom is -0.496 e. The second kappa shape index (κ2) is 6.87. The number of methoxy groups -OCH3 is 1. The lowest BCUT2D eigenvalue weighted by Crippen LogP contribution is -2.44. The van der Waals surface area contributed by atoms with E-state index in [1.54, 1.807) is 19.2 Å². The fourth-order valence-corrected chi connectivity index (χ4v) is 4.31. The molecule has 1 atom stereocenters. The Hall–Kier alpha value is -2.57. The Bertz CT molecular complexity index is 879. The molecule has 4 rings (SSSR count). The molecule has 1 saturated carbocycles. The predicted molar refractivity (Wildman–Crippen MR) is 103 cm³/mol. The highest BCUT2D eigenvalue weighted by Crippen LogP contribution is 2.51. The molecule has 2 N–H and O–H groups in total. The Labute approximate surface area is 161 Å². The molecule has 1 aliphatic carbocycles. The van der Waals surface area contributed by atoms with Crippen molar-refractivity contribution in [3.8, 4) is 5.75 Å². The van der Waals surface area contributed by atoms with Crippen molar-refractivity contribution in [2.75, 3.05) is 13.7 Å². The second-order valence-electron chi connectivity index (χ2n) is 6.78. The monoisotopic (exact) mass is 383 g/mol. The molecule has 0 radical (unpaired) electrons. The fourth-order valence-electron chi connectivity index (χ4n) is 3.48. The highest BCUT2D eigenvalue weighted by Gasteiger charge is 2.53. The zero-order chi connectivity index (χ0) is 18.9. The van der Waals surface area contributed by atoms with Gasteiger partial charge in [0.05, 0.1) is 25.3 Å². The number of amides is 1. The van der Waals surface area contributed by atoms with Crippen LogP contribution < -0.4 is 10.1 Å². The molecular weight excluding hydrogens is 362 g/mol. The molecule has 0 bridgehead atoms. The Morgan fingerprint density at radius 1 is 1.26 bits per heavy atom. The van der Waals surface area contributed by atoms with Gasteiger partial charge < -0.3 is 19.6 Å². The maximum absolute atomic E-state index is 13.1. The number of rotatable bonds is 7. The summed E-state index contributed by atoms with van der Waals surface area (Å²) < 4.78 is 10.9. The van der Waals surface area contributed by atoms with E-state index >= 15 is 0 Å². The number of hydrogen-bond acceptors (Lipinski definition) is 5. The van der Waals surface area contributed by atoms with E-state index in [9.17, 15) is 9.90 Å². The van der Waals surface area contributed by atoms with Crippen LogP contribution in [0.25, 0.3) is 0 Å². The number of carbonyl (C=O) groups is 1. The first-order valence-corrected chi connectivity index (χ1v) is 9.70. The summed E-state index contributed by atoms with van der Waals surface area (Å²) in [5, 5.41) is 16.2. The van der Waals surface area contributed by atoms with Crippen LogP contribution in [0.2, 0.25) is 0 Å². The summed E-state index contributed by atoms with van der Waals surface area (Å²) in [5.41, 5.74) is -1.10. The van der Waals surface area contributed by atoms with Crippen LogP contribution >= 0.6 is 11.3 Å². The van der Waals surface area contributed by atoms with Gasteiger partial charge in [-0.25, -0.2) is 0 Å². The maximum Gasteiger partial charge on any atom is 0.230 e. The molecule has 1 fully saturated rings. The molecule has 1 aromatic carbocycles. The molecule has 0 aliphatic heterocycles. The van der Waals surface area contributed by atoms with E-state index in [4.69, 9.17) is 9.15 Å². The van der Waals surface area contributed by atoms with Gasteiger partial charge in [-0.05, 0) is 42.5 Å². The van der Waals surface area contributed by atoms with E-state index in [2.05, 4.69) is 5.32 Å². The minimum atomic E-state index is -1.40. The number of furan rings is 1. The summed E-state index contributed by atoms with van der Waals surface area (Å²) in [4.78, 5) is 13.8. The quantitative estimate of drug-likeness (QED) is 0.656. The SMILES string of the molecule is COc1ccccc1C1(C(=O)NC[C@](O)(c2ccco2)c2cccs2)CC1. The van der Waals surface area contributed by atoms with Crippen molar-refractivity contribution in [1.82, 2.24) is 5.32 Å². The van der Waals surface area contributed by atoms with E-state index in [0.717, 1.165) is 23.3 Å². The molecule has 0 spiro atoms. The van der Waals surface area contributed by atoms with Crippen LogP contribution in [0.1, 0.15) is 29.0 Å². The molecule has 0 saturated heterocycles. The van der Waals surface area contributed by atoms with Crippen molar-refractivity contribution in [3.05, 3.63) is 76.4 Å². The molecule has 2 aromatic heterocycles. The van der Waals surface area contributed by atoms with Gasteiger partial charge in [0.15, 0.2) is 5.60 Å². The molecule has 6 heteroatoms. The van der Waals surface area contributed by atoms with Crippen LogP contribution in [-0.2, 0) is 15.8 Å². The molecule has 1 amide bonds. The normalized spacial score (nSPS) is 17.1. The summed E-state index contributed by atoms with van der Waals surface area (Å²) in [7, 11) is 1.61. The lowest BCUT2D eigenvalue weighted by Gasteiger charge is -2.27. The number of thiophene rings is 1. The number of aliphatic hydroxyl groups is 1. The van der Waals surface area contributed by atoms with Crippen LogP contribution in [0.4, 0.5) is 0 Å². The molecular formula is C21H21NO4S. The van der Waals surface area contributed by atoms with E-state index < -0.39 is 11.0 Å². The van der Waals surface area contributed by atoms with E-state index in [1.165, 1.54) is 17.6 Å². The highest BCUT2D eigenvalue weighted by molar-refractivity contribution is 7.10. The van der Waals surface area contributed by atoms with Crippen LogP contribution in [0.5, 0.6) is 5.75 Å². The zero-order valence-electron chi connectivity index (χ0n) is 15.0. The van der Waals surface area contributed by atoms with Crippen molar-refractivity contribution in [1.29, 1.82) is 0 Å². The van der Waals surface area contributed by atoms with Crippen molar-refractivity contribution in [2.24, 2.45) is 0 Å². The number of ether oxygens (including phenoxy) is 1. The number of hydrogen-bond donors (Lipinski definition) is 2. The Morgan fingerprint density at radius 3 is 2.70 bits per heavy atom. The van der Waals surface area contributed by atoms with Gasteiger partial charge in [0.2, 0.25) is 5.91 Å². The molecule has 0 unspecified atom stereocenters. The standard InChI is InChI=1S/C21H21NO4S/c1-25-16-7-3-2-6-15(16)20(10-11-20)19(23)22-14-21(24,17-8-4-12-26-17)18-9-5-13-27-18/h2-9,12-13,24H,10-11,14H2,1H3,(H,22,23)/t21-/m0/s1. The number of nitrogens with one attached hydrogen (secondary N) is 1. The predicted octanol–water partition coefficient (Wildman–Crippen LogP) is 3.43. The largest absolute Gasteiger partial charge is 0.496 e. The Balaban J connectivity index is 1.58. The average Bonchev–Trinajstić information content (AvgIpc) is 3.11. The molecule has 3 aromatic rings. The van der Waals surface area contributed by atoms with Crippen molar-refractivity contribution < 1.29 is 19.1 Å². The van der Waals surface area contributed by atoms with Gasteiger partial charge in [-0.15, -0.1) is 11.3 Å². The third kappa shape index (κ3) is 3.05. The van der Waals surface area contributed by atoms with Crippen molar-refractivity contribution in [2.45, 2.75) is 23.9 Å². The molecule has 27 heavy (non-hydrogen) atoms. The second-order valence-corrected chi connectivity index (χ2v) is 7.73. The molecule has 1 aliphatic rings. The van der Waals surface area contributed by atoms with Gasteiger partial charge in [0, 0.05) is 10.4 Å². The lowest BCUT2D eigenvalue weighted by atomic mass is 9.92. The minimum absolute atomic E-state index is 0.0385. The number of carbonyl (C=O) groups excluding carboxylic acids is 1. The number of benzene rings is 1. The van der Waals surface area contributed by atoms with Crippen molar-refractivity contribution in [3.63, 3.8) is 0 Å².